The molecule has 1 unspecified atom stereocenters. The Kier molecular flexibility index (Phi) is 6.02. The van der Waals surface area contributed by atoms with Gasteiger partial charge in [0.15, 0.2) is 5.78 Å². The van der Waals surface area contributed by atoms with Crippen LogP contribution in [-0.4, -0.2) is 29.4 Å². The summed E-state index contributed by atoms with van der Waals surface area (Å²) in [4.78, 5) is 29.1. The quantitative estimate of drug-likeness (QED) is 0.421. The summed E-state index contributed by atoms with van der Waals surface area (Å²) in [6.07, 6.45) is -0.206. The number of carbonyl (C=O) groups excluding carboxylic acids is 2. The van der Waals surface area contributed by atoms with E-state index in [0.717, 1.165) is 16.7 Å². The number of Topliss-reactive ketones (excluding diaryl/α,β-unsaturated/α-hetero) is 1. The minimum atomic E-state index is -0.415. The molecular formula is C25H27N5O4. The van der Waals surface area contributed by atoms with Crippen LogP contribution in [0.2, 0.25) is 0 Å². The lowest BCUT2D eigenvalue weighted by atomic mass is 9.90. The molecule has 0 aliphatic carbocycles. The summed E-state index contributed by atoms with van der Waals surface area (Å²) < 4.78 is 12.0. The third-order valence-corrected chi connectivity index (χ3v) is 6.03. The number of carbonyl (C=O) groups is 2. The minimum Gasteiger partial charge on any atom is -0.490 e. The molecule has 2 aromatic carbocycles. The van der Waals surface area contributed by atoms with Gasteiger partial charge in [0.1, 0.15) is 35.8 Å². The Hall–Kier alpha value is -4.27. The summed E-state index contributed by atoms with van der Waals surface area (Å²) in [5, 5.41) is 2.75. The zero-order chi connectivity index (χ0) is 24.6. The van der Waals surface area contributed by atoms with Crippen molar-refractivity contribution in [2.24, 2.45) is 0 Å². The molecule has 0 spiro atoms. The molecule has 176 valence electrons. The zero-order valence-corrected chi connectivity index (χ0v) is 19.3. The van der Waals surface area contributed by atoms with Crippen LogP contribution in [0.5, 0.6) is 11.5 Å². The Balaban J connectivity index is 1.40. The predicted molar refractivity (Wildman–Crippen MR) is 131 cm³/mol. The van der Waals surface area contributed by atoms with Crippen molar-refractivity contribution < 1.29 is 19.1 Å². The topological polar surface area (TPSA) is 156 Å². The third kappa shape index (κ3) is 4.32. The smallest absolute Gasteiger partial charge is 0.259 e. The lowest BCUT2D eigenvalue weighted by Crippen LogP contribution is -2.33. The van der Waals surface area contributed by atoms with Gasteiger partial charge in [0, 0.05) is 11.4 Å². The van der Waals surface area contributed by atoms with Crippen molar-refractivity contribution in [3.63, 3.8) is 0 Å². The standard InChI is InChI=1S/C25H27N5O4/c1-12-13(2)23-21(14(3)22(12)27)19(31)10-17(34-23)11-33-16-6-4-15(5-7-16)29-25(32)18-8-9-20(26)30-24(18)28/h4-9,17H,10-11,27H2,1-3H3,(H,29,32)(H4,26,28,30). The highest BCUT2D eigenvalue weighted by atomic mass is 16.5. The Labute approximate surface area is 197 Å². The van der Waals surface area contributed by atoms with E-state index in [2.05, 4.69) is 10.3 Å². The molecule has 9 nitrogen and oxygen atoms in total. The first-order valence-corrected chi connectivity index (χ1v) is 10.8. The van der Waals surface area contributed by atoms with E-state index in [1.54, 1.807) is 24.3 Å². The SMILES string of the molecule is Cc1c(C)c2c(c(C)c1N)C(=O)CC(COc1ccc(NC(=O)c3ccc(N)nc3N)cc1)O2. The molecule has 1 amide bonds. The van der Waals surface area contributed by atoms with Crippen LogP contribution >= 0.6 is 0 Å². The average molecular weight is 462 g/mol. The number of fused-ring (bicyclic) bond motifs is 1. The maximum absolute atomic E-state index is 12.8. The average Bonchev–Trinajstić information content (AvgIpc) is 2.80. The van der Waals surface area contributed by atoms with Gasteiger partial charge in [-0.05, 0) is 73.9 Å². The number of ketones is 1. The van der Waals surface area contributed by atoms with Gasteiger partial charge in [0.25, 0.3) is 5.91 Å². The highest BCUT2D eigenvalue weighted by Crippen LogP contribution is 2.39. The minimum absolute atomic E-state index is 0.00311. The molecule has 1 aromatic heterocycles. The molecule has 0 radical (unpaired) electrons. The number of benzene rings is 2. The molecule has 1 aliphatic heterocycles. The second kappa shape index (κ2) is 8.93. The number of pyridine rings is 1. The van der Waals surface area contributed by atoms with Crippen LogP contribution in [0.25, 0.3) is 0 Å². The number of anilines is 4. The molecule has 2 heterocycles. The van der Waals surface area contributed by atoms with Gasteiger partial charge < -0.3 is 32.0 Å². The van der Waals surface area contributed by atoms with Crippen LogP contribution in [0.15, 0.2) is 36.4 Å². The second-order valence-electron chi connectivity index (χ2n) is 8.32. The first kappa shape index (κ1) is 22.9. The number of nitrogens with one attached hydrogen (secondary N) is 1. The number of aromatic nitrogens is 1. The number of ether oxygens (including phenoxy) is 2. The fraction of sp³-hybridized carbons (Fsp3) is 0.240. The first-order chi connectivity index (χ1) is 16.2. The lowest BCUT2D eigenvalue weighted by molar-refractivity contribution is 0.0739. The van der Waals surface area contributed by atoms with Crippen molar-refractivity contribution in [2.75, 3.05) is 29.1 Å². The van der Waals surface area contributed by atoms with Crippen molar-refractivity contribution in [1.82, 2.24) is 4.98 Å². The van der Waals surface area contributed by atoms with Gasteiger partial charge in [-0.25, -0.2) is 4.98 Å². The van der Waals surface area contributed by atoms with E-state index >= 15 is 0 Å². The van der Waals surface area contributed by atoms with Gasteiger partial charge in [-0.1, -0.05) is 0 Å². The molecule has 0 fully saturated rings. The highest BCUT2D eigenvalue weighted by Gasteiger charge is 2.31. The van der Waals surface area contributed by atoms with Crippen molar-refractivity contribution in [2.45, 2.75) is 33.3 Å². The van der Waals surface area contributed by atoms with E-state index in [1.165, 1.54) is 12.1 Å². The number of nitrogens with zero attached hydrogens (tertiary/aromatic N) is 1. The van der Waals surface area contributed by atoms with Gasteiger partial charge in [-0.3, -0.25) is 9.59 Å². The van der Waals surface area contributed by atoms with Gasteiger partial charge in [0.2, 0.25) is 0 Å². The van der Waals surface area contributed by atoms with E-state index in [4.69, 9.17) is 26.7 Å². The number of rotatable bonds is 5. The summed E-state index contributed by atoms with van der Waals surface area (Å²) in [7, 11) is 0. The van der Waals surface area contributed by atoms with E-state index < -0.39 is 12.0 Å². The summed E-state index contributed by atoms with van der Waals surface area (Å²) in [6.45, 7) is 5.87. The Morgan fingerprint density at radius 3 is 2.44 bits per heavy atom. The monoisotopic (exact) mass is 461 g/mol. The van der Waals surface area contributed by atoms with Crippen molar-refractivity contribution in [1.29, 1.82) is 0 Å². The second-order valence-corrected chi connectivity index (χ2v) is 8.32. The van der Waals surface area contributed by atoms with E-state index in [0.29, 0.717) is 28.4 Å². The van der Waals surface area contributed by atoms with Crippen molar-refractivity contribution in [3.8, 4) is 11.5 Å². The van der Waals surface area contributed by atoms with Crippen LogP contribution in [0.1, 0.15) is 43.8 Å². The number of amides is 1. The van der Waals surface area contributed by atoms with Gasteiger partial charge in [-0.15, -0.1) is 0 Å². The molecule has 1 atom stereocenters. The molecule has 0 saturated carbocycles. The van der Waals surface area contributed by atoms with E-state index in [9.17, 15) is 9.59 Å². The number of hydrogen-bond donors (Lipinski definition) is 4. The van der Waals surface area contributed by atoms with Gasteiger partial charge in [0.05, 0.1) is 17.5 Å². The largest absolute Gasteiger partial charge is 0.490 e. The Morgan fingerprint density at radius 1 is 1.06 bits per heavy atom. The van der Waals surface area contributed by atoms with Crippen molar-refractivity contribution >= 4 is 34.7 Å². The Morgan fingerprint density at radius 2 is 1.76 bits per heavy atom. The molecule has 3 aromatic rings. The third-order valence-electron chi connectivity index (χ3n) is 6.03. The molecular weight excluding hydrogens is 434 g/mol. The zero-order valence-electron chi connectivity index (χ0n) is 19.3. The summed E-state index contributed by atoms with van der Waals surface area (Å²) >= 11 is 0. The number of nitrogens with two attached hydrogens (primary N) is 3. The molecule has 0 saturated heterocycles. The van der Waals surface area contributed by atoms with Crippen LogP contribution in [0, 0.1) is 20.8 Å². The normalized spacial score (nSPS) is 14.8. The maximum Gasteiger partial charge on any atom is 0.259 e. The van der Waals surface area contributed by atoms with Crippen LogP contribution in [0.4, 0.5) is 23.0 Å². The van der Waals surface area contributed by atoms with Crippen LogP contribution in [0.3, 0.4) is 0 Å². The molecule has 0 bridgehead atoms. The summed E-state index contributed by atoms with van der Waals surface area (Å²) in [6, 6.07) is 9.88. The van der Waals surface area contributed by atoms with E-state index in [-0.39, 0.29) is 36.0 Å². The maximum atomic E-state index is 12.8. The summed E-state index contributed by atoms with van der Waals surface area (Å²) in [5.74, 6) is 1.07. The lowest BCUT2D eigenvalue weighted by Gasteiger charge is -2.29. The molecule has 9 heteroatoms. The van der Waals surface area contributed by atoms with Crippen molar-refractivity contribution in [3.05, 3.63) is 64.2 Å². The number of nitrogen functional groups attached to an aromatic ring is 3. The predicted octanol–water partition coefficient (Wildman–Crippen LogP) is 3.42. The highest BCUT2D eigenvalue weighted by molar-refractivity contribution is 6.07. The van der Waals surface area contributed by atoms with Gasteiger partial charge >= 0.3 is 0 Å². The van der Waals surface area contributed by atoms with Crippen LogP contribution in [-0.2, 0) is 0 Å². The molecule has 7 N–H and O–H groups in total. The van der Waals surface area contributed by atoms with E-state index in [1.807, 2.05) is 20.8 Å². The Bertz CT molecular complexity index is 1290. The molecule has 4 rings (SSSR count). The molecule has 34 heavy (non-hydrogen) atoms. The summed E-state index contributed by atoms with van der Waals surface area (Å²) in [5.41, 5.74) is 22.0. The first-order valence-electron chi connectivity index (χ1n) is 10.8. The van der Waals surface area contributed by atoms with Gasteiger partial charge in [-0.2, -0.15) is 0 Å². The molecule has 1 aliphatic rings. The fourth-order valence-electron chi connectivity index (χ4n) is 3.94. The number of hydrogen-bond acceptors (Lipinski definition) is 8. The fourth-order valence-corrected chi connectivity index (χ4v) is 3.94. The van der Waals surface area contributed by atoms with Crippen LogP contribution < -0.4 is 32.0 Å².